The van der Waals surface area contributed by atoms with Crippen molar-refractivity contribution in [2.24, 2.45) is 0 Å². The minimum absolute atomic E-state index is 0.0728. The number of aryl methyl sites for hydroxylation is 1. The number of methoxy groups -OCH3 is 1. The van der Waals surface area contributed by atoms with Crippen LogP contribution in [0.1, 0.15) is 15.9 Å². The van der Waals surface area contributed by atoms with Crippen molar-refractivity contribution < 1.29 is 18.7 Å². The molecule has 0 atom stereocenters. The lowest BCUT2D eigenvalue weighted by Crippen LogP contribution is -2.29. The highest BCUT2D eigenvalue weighted by atomic mass is 35.5. The van der Waals surface area contributed by atoms with Crippen molar-refractivity contribution in [2.75, 3.05) is 20.3 Å². The van der Waals surface area contributed by atoms with Gasteiger partial charge in [0.25, 0.3) is 5.91 Å². The molecule has 23 heavy (non-hydrogen) atoms. The second kappa shape index (κ2) is 7.83. The number of carbonyl (C=O) groups excluding carboxylic acids is 1. The summed E-state index contributed by atoms with van der Waals surface area (Å²) in [5.41, 5.74) is 0.888. The van der Waals surface area contributed by atoms with Gasteiger partial charge in [0.05, 0.1) is 24.2 Å². The van der Waals surface area contributed by atoms with Crippen LogP contribution >= 0.6 is 11.6 Å². The number of ether oxygens (including phenoxy) is 2. The van der Waals surface area contributed by atoms with Crippen LogP contribution < -0.4 is 14.8 Å². The zero-order chi connectivity index (χ0) is 16.8. The van der Waals surface area contributed by atoms with E-state index >= 15 is 0 Å². The highest BCUT2D eigenvalue weighted by Crippen LogP contribution is 2.27. The first-order valence-corrected chi connectivity index (χ1v) is 7.40. The second-order valence-electron chi connectivity index (χ2n) is 4.86. The first kappa shape index (κ1) is 17.1. The summed E-state index contributed by atoms with van der Waals surface area (Å²) in [7, 11) is 1.56. The smallest absolute Gasteiger partial charge is 0.255 e. The van der Waals surface area contributed by atoms with Crippen molar-refractivity contribution in [1.29, 1.82) is 0 Å². The molecule has 2 rings (SSSR count). The molecule has 0 aliphatic carbocycles. The number of amides is 1. The Bertz CT molecular complexity index is 686. The number of hydrogen-bond donors (Lipinski definition) is 1. The van der Waals surface area contributed by atoms with Crippen LogP contribution in [-0.2, 0) is 0 Å². The Morgan fingerprint density at radius 1 is 1.26 bits per heavy atom. The van der Waals surface area contributed by atoms with E-state index in [1.807, 2.05) is 19.1 Å². The van der Waals surface area contributed by atoms with Crippen molar-refractivity contribution in [3.8, 4) is 11.5 Å². The molecule has 0 unspecified atom stereocenters. The Morgan fingerprint density at radius 2 is 2.04 bits per heavy atom. The van der Waals surface area contributed by atoms with Crippen LogP contribution in [0.5, 0.6) is 11.5 Å². The van der Waals surface area contributed by atoms with Gasteiger partial charge in [-0.3, -0.25) is 4.79 Å². The van der Waals surface area contributed by atoms with Gasteiger partial charge in [0, 0.05) is 0 Å². The average molecular weight is 338 g/mol. The molecule has 2 aromatic rings. The normalized spacial score (nSPS) is 10.3. The number of benzene rings is 2. The van der Waals surface area contributed by atoms with Gasteiger partial charge in [0.2, 0.25) is 0 Å². The van der Waals surface area contributed by atoms with E-state index in [1.54, 1.807) is 13.2 Å². The van der Waals surface area contributed by atoms with E-state index in [1.165, 1.54) is 18.2 Å². The van der Waals surface area contributed by atoms with Gasteiger partial charge < -0.3 is 14.8 Å². The molecule has 0 fully saturated rings. The van der Waals surface area contributed by atoms with Crippen molar-refractivity contribution >= 4 is 17.5 Å². The summed E-state index contributed by atoms with van der Waals surface area (Å²) >= 11 is 5.84. The Kier molecular flexibility index (Phi) is 5.82. The zero-order valence-electron chi connectivity index (χ0n) is 12.9. The summed E-state index contributed by atoms with van der Waals surface area (Å²) in [6, 6.07) is 9.65. The third-order valence-electron chi connectivity index (χ3n) is 3.15. The highest BCUT2D eigenvalue weighted by Gasteiger charge is 2.15. The molecule has 0 saturated carbocycles. The van der Waals surface area contributed by atoms with Crippen LogP contribution in [-0.4, -0.2) is 26.2 Å². The first-order valence-electron chi connectivity index (χ1n) is 7.02. The summed E-state index contributed by atoms with van der Waals surface area (Å²) in [5, 5.41) is 2.64. The van der Waals surface area contributed by atoms with E-state index < -0.39 is 11.7 Å². The molecule has 0 bridgehead atoms. The van der Waals surface area contributed by atoms with E-state index in [-0.39, 0.29) is 23.7 Å². The van der Waals surface area contributed by atoms with Gasteiger partial charge in [-0.25, -0.2) is 4.39 Å². The van der Waals surface area contributed by atoms with Crippen LogP contribution in [0.25, 0.3) is 0 Å². The van der Waals surface area contributed by atoms with Gasteiger partial charge in [-0.15, -0.1) is 0 Å². The maximum Gasteiger partial charge on any atom is 0.255 e. The topological polar surface area (TPSA) is 47.6 Å². The molecule has 0 aromatic heterocycles. The third-order valence-corrected chi connectivity index (χ3v) is 3.47. The van der Waals surface area contributed by atoms with Crippen molar-refractivity contribution in [1.82, 2.24) is 5.32 Å². The Balaban J connectivity index is 1.90. The fraction of sp³-hybridized carbons (Fsp3) is 0.235. The monoisotopic (exact) mass is 337 g/mol. The van der Waals surface area contributed by atoms with Gasteiger partial charge in [-0.05, 0) is 36.8 Å². The van der Waals surface area contributed by atoms with Crippen molar-refractivity contribution in [2.45, 2.75) is 6.92 Å². The van der Waals surface area contributed by atoms with Gasteiger partial charge in [0.1, 0.15) is 12.4 Å². The Labute approximate surface area is 139 Å². The summed E-state index contributed by atoms with van der Waals surface area (Å²) in [4.78, 5) is 11.9. The van der Waals surface area contributed by atoms with E-state index in [4.69, 9.17) is 21.1 Å². The van der Waals surface area contributed by atoms with E-state index in [0.29, 0.717) is 11.5 Å². The largest absolute Gasteiger partial charge is 0.493 e. The van der Waals surface area contributed by atoms with Gasteiger partial charge >= 0.3 is 0 Å². The van der Waals surface area contributed by atoms with Gasteiger partial charge in [-0.1, -0.05) is 23.7 Å². The van der Waals surface area contributed by atoms with Gasteiger partial charge in [-0.2, -0.15) is 0 Å². The summed E-state index contributed by atoms with van der Waals surface area (Å²) < 4.78 is 24.4. The Morgan fingerprint density at radius 3 is 2.74 bits per heavy atom. The summed E-state index contributed by atoms with van der Waals surface area (Å²) in [6.07, 6.45) is 0. The number of hydrogen-bond acceptors (Lipinski definition) is 3. The van der Waals surface area contributed by atoms with Crippen LogP contribution in [0.2, 0.25) is 5.02 Å². The molecule has 4 nitrogen and oxygen atoms in total. The molecule has 0 saturated heterocycles. The van der Waals surface area contributed by atoms with Crippen LogP contribution in [0, 0.1) is 12.7 Å². The van der Waals surface area contributed by atoms with Crippen LogP contribution in [0.3, 0.4) is 0 Å². The minimum atomic E-state index is -0.656. The maximum absolute atomic E-state index is 13.6. The maximum atomic E-state index is 13.6. The number of nitrogens with one attached hydrogen (secondary N) is 1. The molecule has 1 amide bonds. The molecule has 122 valence electrons. The van der Waals surface area contributed by atoms with Gasteiger partial charge in [0.15, 0.2) is 11.5 Å². The van der Waals surface area contributed by atoms with Crippen LogP contribution in [0.4, 0.5) is 4.39 Å². The SMILES string of the molecule is COc1cc(C)ccc1OCCNC(=O)c1c(F)cccc1Cl. The predicted octanol–water partition coefficient (Wildman–Crippen LogP) is 3.60. The molecule has 0 aliphatic heterocycles. The molecular weight excluding hydrogens is 321 g/mol. The Hall–Kier alpha value is -2.27. The quantitative estimate of drug-likeness (QED) is 0.819. The number of halogens is 2. The van der Waals surface area contributed by atoms with Crippen molar-refractivity contribution in [3.63, 3.8) is 0 Å². The number of carbonyl (C=O) groups is 1. The number of rotatable bonds is 6. The molecule has 0 aliphatic rings. The average Bonchev–Trinajstić information content (AvgIpc) is 2.52. The zero-order valence-corrected chi connectivity index (χ0v) is 13.6. The second-order valence-corrected chi connectivity index (χ2v) is 5.26. The molecule has 1 N–H and O–H groups in total. The molecular formula is C17H17ClFNO3. The lowest BCUT2D eigenvalue weighted by molar-refractivity contribution is 0.0943. The lowest BCUT2D eigenvalue weighted by atomic mass is 10.2. The van der Waals surface area contributed by atoms with Crippen molar-refractivity contribution in [3.05, 3.63) is 58.4 Å². The van der Waals surface area contributed by atoms with E-state index in [9.17, 15) is 9.18 Å². The summed E-state index contributed by atoms with van der Waals surface area (Å²) in [6.45, 7) is 2.38. The molecule has 0 heterocycles. The fourth-order valence-electron chi connectivity index (χ4n) is 2.02. The third kappa shape index (κ3) is 4.36. The van der Waals surface area contributed by atoms with E-state index in [0.717, 1.165) is 5.56 Å². The van der Waals surface area contributed by atoms with Crippen LogP contribution in [0.15, 0.2) is 36.4 Å². The lowest BCUT2D eigenvalue weighted by Gasteiger charge is -2.12. The fourth-order valence-corrected chi connectivity index (χ4v) is 2.27. The van der Waals surface area contributed by atoms with E-state index in [2.05, 4.69) is 5.32 Å². The molecule has 0 spiro atoms. The standard InChI is InChI=1S/C17H17ClFNO3/c1-11-6-7-14(15(10-11)22-2)23-9-8-20-17(21)16-12(18)4-3-5-13(16)19/h3-7,10H,8-9H2,1-2H3,(H,20,21). The summed E-state index contributed by atoms with van der Waals surface area (Å²) in [5.74, 6) is -0.0339. The minimum Gasteiger partial charge on any atom is -0.493 e. The molecule has 0 radical (unpaired) electrons. The molecule has 6 heteroatoms. The highest BCUT2D eigenvalue weighted by molar-refractivity contribution is 6.33. The first-order chi connectivity index (χ1) is 11.0. The predicted molar refractivity (Wildman–Crippen MR) is 87.0 cm³/mol. The molecule has 2 aromatic carbocycles.